The summed E-state index contributed by atoms with van der Waals surface area (Å²) in [6, 6.07) is 7.98. The second-order valence-corrected chi connectivity index (χ2v) is 4.86. The lowest BCUT2D eigenvalue weighted by atomic mass is 10.1. The van der Waals surface area contributed by atoms with E-state index >= 15 is 0 Å². The van der Waals surface area contributed by atoms with E-state index in [9.17, 15) is 0 Å². The number of para-hydroxylation sites is 1. The van der Waals surface area contributed by atoms with Crippen LogP contribution < -0.4 is 5.73 Å². The van der Waals surface area contributed by atoms with Gasteiger partial charge >= 0.3 is 0 Å². The second-order valence-electron chi connectivity index (χ2n) is 4.51. The predicted octanol–water partition coefficient (Wildman–Crippen LogP) is 3.11. The van der Waals surface area contributed by atoms with E-state index in [1.165, 1.54) is 0 Å². The van der Waals surface area contributed by atoms with Crippen LogP contribution in [0.3, 0.4) is 0 Å². The maximum Gasteiger partial charge on any atom is 0.181 e. The zero-order valence-corrected chi connectivity index (χ0v) is 11.1. The molecule has 6 heteroatoms. The van der Waals surface area contributed by atoms with Gasteiger partial charge in [0.15, 0.2) is 11.5 Å². The standard InChI is InChI=1S/C14H10ClN5/c15-12-11(19-13(16)14-17-5-6-20(12)14)9-7-18-10-4-2-1-3-8(9)10/h1-7,18H,(H2,16,19). The lowest BCUT2D eigenvalue weighted by molar-refractivity contribution is 1.14. The minimum Gasteiger partial charge on any atom is -0.381 e. The van der Waals surface area contributed by atoms with E-state index in [-0.39, 0.29) is 0 Å². The molecule has 20 heavy (non-hydrogen) atoms. The first kappa shape index (κ1) is 11.3. The fraction of sp³-hybridized carbons (Fsp3) is 0. The molecule has 3 heterocycles. The molecule has 0 saturated carbocycles. The number of rotatable bonds is 1. The number of benzene rings is 1. The summed E-state index contributed by atoms with van der Waals surface area (Å²) in [5, 5.41) is 1.55. The number of hydrogen-bond acceptors (Lipinski definition) is 3. The average molecular weight is 284 g/mol. The van der Waals surface area contributed by atoms with E-state index in [0.29, 0.717) is 22.3 Å². The Morgan fingerprint density at radius 2 is 2.10 bits per heavy atom. The average Bonchev–Trinajstić information content (AvgIpc) is 3.09. The SMILES string of the molecule is Nc1nc(-c2c[nH]c3ccccc23)c(Cl)n2ccnc12. The number of aromatic nitrogens is 4. The van der Waals surface area contributed by atoms with Crippen LogP contribution in [0, 0.1) is 0 Å². The van der Waals surface area contributed by atoms with Gasteiger partial charge in [-0.15, -0.1) is 0 Å². The van der Waals surface area contributed by atoms with E-state index in [1.54, 1.807) is 16.8 Å². The van der Waals surface area contributed by atoms with E-state index in [0.717, 1.165) is 16.5 Å². The van der Waals surface area contributed by atoms with Gasteiger partial charge in [-0.1, -0.05) is 29.8 Å². The number of aromatic amines is 1. The molecular weight excluding hydrogens is 274 g/mol. The monoisotopic (exact) mass is 283 g/mol. The van der Waals surface area contributed by atoms with E-state index < -0.39 is 0 Å². The number of imidazole rings is 1. The van der Waals surface area contributed by atoms with E-state index in [4.69, 9.17) is 17.3 Å². The van der Waals surface area contributed by atoms with Gasteiger partial charge in [-0.2, -0.15) is 0 Å². The first-order valence-corrected chi connectivity index (χ1v) is 6.48. The fourth-order valence-corrected chi connectivity index (χ4v) is 2.70. The summed E-state index contributed by atoms with van der Waals surface area (Å²) in [4.78, 5) is 11.8. The predicted molar refractivity (Wildman–Crippen MR) is 79.7 cm³/mol. The Labute approximate surface area is 119 Å². The maximum atomic E-state index is 6.44. The van der Waals surface area contributed by atoms with Crippen LogP contribution in [0.1, 0.15) is 0 Å². The summed E-state index contributed by atoms with van der Waals surface area (Å²) in [5.41, 5.74) is 9.13. The molecule has 5 nitrogen and oxygen atoms in total. The van der Waals surface area contributed by atoms with Crippen molar-refractivity contribution in [1.82, 2.24) is 19.4 Å². The number of H-pyrrole nitrogens is 1. The Bertz CT molecular complexity index is 937. The summed E-state index contributed by atoms with van der Waals surface area (Å²) in [6.45, 7) is 0. The number of nitrogens with zero attached hydrogens (tertiary/aromatic N) is 3. The molecule has 98 valence electrons. The summed E-state index contributed by atoms with van der Waals surface area (Å²) in [7, 11) is 0. The number of nitrogens with two attached hydrogens (primary N) is 1. The quantitative estimate of drug-likeness (QED) is 0.564. The summed E-state index contributed by atoms with van der Waals surface area (Å²) >= 11 is 6.44. The van der Waals surface area contributed by atoms with Crippen molar-refractivity contribution in [2.24, 2.45) is 0 Å². The molecule has 1 aromatic carbocycles. The molecule has 0 aliphatic heterocycles. The Morgan fingerprint density at radius 1 is 1.25 bits per heavy atom. The summed E-state index contributed by atoms with van der Waals surface area (Å²) in [6.07, 6.45) is 5.31. The molecule has 0 fully saturated rings. The molecule has 0 spiro atoms. The van der Waals surface area contributed by atoms with Crippen molar-refractivity contribution >= 4 is 34.0 Å². The molecule has 4 rings (SSSR count). The van der Waals surface area contributed by atoms with Crippen LogP contribution in [0.4, 0.5) is 5.82 Å². The topological polar surface area (TPSA) is 72.0 Å². The van der Waals surface area contributed by atoms with Crippen LogP contribution in [0.5, 0.6) is 0 Å². The van der Waals surface area contributed by atoms with Gasteiger partial charge in [0.05, 0.1) is 0 Å². The van der Waals surface area contributed by atoms with Crippen molar-refractivity contribution in [2.75, 3.05) is 5.73 Å². The first-order valence-electron chi connectivity index (χ1n) is 6.10. The zero-order chi connectivity index (χ0) is 13.7. The number of anilines is 1. The number of halogens is 1. The highest BCUT2D eigenvalue weighted by molar-refractivity contribution is 6.32. The molecular formula is C14H10ClN5. The van der Waals surface area contributed by atoms with Gasteiger partial charge in [0.2, 0.25) is 0 Å². The molecule has 3 aromatic heterocycles. The van der Waals surface area contributed by atoms with E-state index in [1.807, 2.05) is 30.5 Å². The maximum absolute atomic E-state index is 6.44. The van der Waals surface area contributed by atoms with Crippen LogP contribution in [0.2, 0.25) is 5.15 Å². The van der Waals surface area contributed by atoms with Gasteiger partial charge < -0.3 is 10.7 Å². The lowest BCUT2D eigenvalue weighted by Gasteiger charge is -2.07. The van der Waals surface area contributed by atoms with Gasteiger partial charge in [-0.3, -0.25) is 4.40 Å². The van der Waals surface area contributed by atoms with Crippen molar-refractivity contribution in [3.8, 4) is 11.3 Å². The molecule has 0 unspecified atom stereocenters. The number of fused-ring (bicyclic) bond motifs is 2. The van der Waals surface area contributed by atoms with Gasteiger partial charge in [0, 0.05) is 35.1 Å². The van der Waals surface area contributed by atoms with Gasteiger partial charge in [0.25, 0.3) is 0 Å². The fourth-order valence-electron chi connectivity index (χ4n) is 2.42. The number of nitrogen functional groups attached to an aromatic ring is 1. The van der Waals surface area contributed by atoms with Crippen molar-refractivity contribution in [3.05, 3.63) is 48.0 Å². The molecule has 0 saturated heterocycles. The van der Waals surface area contributed by atoms with Crippen LogP contribution in [0.25, 0.3) is 27.8 Å². The van der Waals surface area contributed by atoms with Crippen LogP contribution in [-0.2, 0) is 0 Å². The summed E-state index contributed by atoms with van der Waals surface area (Å²) < 4.78 is 1.74. The third-order valence-electron chi connectivity index (χ3n) is 3.35. The van der Waals surface area contributed by atoms with E-state index in [2.05, 4.69) is 15.0 Å². The van der Waals surface area contributed by atoms with Crippen LogP contribution >= 0.6 is 11.6 Å². The number of hydrogen-bond donors (Lipinski definition) is 2. The Hall–Kier alpha value is -2.53. The van der Waals surface area contributed by atoms with Crippen molar-refractivity contribution in [2.45, 2.75) is 0 Å². The molecule has 4 aromatic rings. The third-order valence-corrected chi connectivity index (χ3v) is 3.71. The lowest BCUT2D eigenvalue weighted by Crippen LogP contribution is -2.00. The number of nitrogens with one attached hydrogen (secondary N) is 1. The molecule has 0 bridgehead atoms. The Balaban J connectivity index is 2.09. The minimum absolute atomic E-state index is 0.361. The van der Waals surface area contributed by atoms with Crippen LogP contribution in [0.15, 0.2) is 42.9 Å². The van der Waals surface area contributed by atoms with Crippen molar-refractivity contribution < 1.29 is 0 Å². The van der Waals surface area contributed by atoms with Gasteiger partial charge in [-0.05, 0) is 6.07 Å². The molecule has 0 atom stereocenters. The first-order chi connectivity index (χ1) is 9.75. The normalized spacial score (nSPS) is 11.4. The van der Waals surface area contributed by atoms with Crippen LogP contribution in [-0.4, -0.2) is 19.4 Å². The molecule has 0 aliphatic carbocycles. The minimum atomic E-state index is 0.361. The van der Waals surface area contributed by atoms with Crippen molar-refractivity contribution in [1.29, 1.82) is 0 Å². The largest absolute Gasteiger partial charge is 0.381 e. The highest BCUT2D eigenvalue weighted by atomic mass is 35.5. The zero-order valence-electron chi connectivity index (χ0n) is 10.3. The van der Waals surface area contributed by atoms with Crippen molar-refractivity contribution in [3.63, 3.8) is 0 Å². The smallest absolute Gasteiger partial charge is 0.181 e. The Kier molecular flexibility index (Phi) is 2.25. The Morgan fingerprint density at radius 3 is 3.00 bits per heavy atom. The molecule has 0 aliphatic rings. The van der Waals surface area contributed by atoms with Gasteiger partial charge in [-0.25, -0.2) is 9.97 Å². The van der Waals surface area contributed by atoms with Gasteiger partial charge in [0.1, 0.15) is 10.8 Å². The molecule has 0 radical (unpaired) electrons. The molecule has 0 amide bonds. The second kappa shape index (κ2) is 3.98. The highest BCUT2D eigenvalue weighted by Gasteiger charge is 2.16. The highest BCUT2D eigenvalue weighted by Crippen LogP contribution is 2.33. The third kappa shape index (κ3) is 1.44. The summed E-state index contributed by atoms with van der Waals surface area (Å²) in [5.74, 6) is 0.361. The molecule has 3 N–H and O–H groups in total.